The van der Waals surface area contributed by atoms with Crippen LogP contribution < -0.4 is 5.32 Å². The van der Waals surface area contributed by atoms with Crippen molar-refractivity contribution in [1.82, 2.24) is 20.3 Å². The lowest BCUT2D eigenvalue weighted by molar-refractivity contribution is 0.0951. The Morgan fingerprint density at radius 3 is 2.96 bits per heavy atom. The van der Waals surface area contributed by atoms with Crippen LogP contribution in [0, 0.1) is 12.7 Å². The molecular formula is C17H16ClFN4O2. The zero-order valence-corrected chi connectivity index (χ0v) is 14.3. The molecule has 2 heterocycles. The minimum atomic E-state index is -0.562. The SMILES string of the molecule is Cc1onc(-c2c(F)cccc2Cl)c1C(=O)NCCCn1cccn1. The first-order valence-corrected chi connectivity index (χ1v) is 8.12. The number of carbonyl (C=O) groups is 1. The highest BCUT2D eigenvalue weighted by Gasteiger charge is 2.25. The van der Waals surface area contributed by atoms with Gasteiger partial charge in [0.15, 0.2) is 0 Å². The summed E-state index contributed by atoms with van der Waals surface area (Å²) in [4.78, 5) is 12.5. The Bertz CT molecular complexity index is 857. The van der Waals surface area contributed by atoms with Gasteiger partial charge < -0.3 is 9.84 Å². The van der Waals surface area contributed by atoms with Gasteiger partial charge in [-0.25, -0.2) is 4.39 Å². The molecule has 0 aliphatic heterocycles. The number of aromatic nitrogens is 3. The van der Waals surface area contributed by atoms with Gasteiger partial charge in [0.1, 0.15) is 22.8 Å². The second-order valence-electron chi connectivity index (χ2n) is 5.44. The molecular weight excluding hydrogens is 347 g/mol. The molecule has 0 aliphatic carbocycles. The number of carbonyl (C=O) groups excluding carboxylic acids is 1. The summed E-state index contributed by atoms with van der Waals surface area (Å²) >= 11 is 6.07. The normalized spacial score (nSPS) is 10.8. The van der Waals surface area contributed by atoms with Gasteiger partial charge in [-0.3, -0.25) is 9.48 Å². The zero-order valence-electron chi connectivity index (χ0n) is 13.5. The second-order valence-corrected chi connectivity index (χ2v) is 5.84. The molecule has 6 nitrogen and oxygen atoms in total. The highest BCUT2D eigenvalue weighted by Crippen LogP contribution is 2.33. The van der Waals surface area contributed by atoms with Gasteiger partial charge in [-0.1, -0.05) is 22.8 Å². The van der Waals surface area contributed by atoms with Crippen LogP contribution in [0.25, 0.3) is 11.3 Å². The number of aryl methyl sites for hydroxylation is 2. The molecule has 25 heavy (non-hydrogen) atoms. The quantitative estimate of drug-likeness (QED) is 0.681. The molecule has 130 valence electrons. The van der Waals surface area contributed by atoms with Crippen molar-refractivity contribution in [3.63, 3.8) is 0 Å². The van der Waals surface area contributed by atoms with Crippen molar-refractivity contribution in [3.05, 3.63) is 58.8 Å². The third-order valence-electron chi connectivity index (χ3n) is 3.70. The molecule has 2 aromatic heterocycles. The van der Waals surface area contributed by atoms with Crippen LogP contribution in [0.4, 0.5) is 4.39 Å². The molecule has 0 radical (unpaired) electrons. The first-order valence-electron chi connectivity index (χ1n) is 7.74. The molecule has 0 aliphatic rings. The van der Waals surface area contributed by atoms with E-state index >= 15 is 0 Å². The van der Waals surface area contributed by atoms with Gasteiger partial charge in [0.05, 0.1) is 10.6 Å². The van der Waals surface area contributed by atoms with Crippen LogP contribution in [0.1, 0.15) is 22.5 Å². The van der Waals surface area contributed by atoms with Crippen LogP contribution in [0.3, 0.4) is 0 Å². The fourth-order valence-electron chi connectivity index (χ4n) is 2.50. The lowest BCUT2D eigenvalue weighted by Gasteiger charge is -2.07. The Balaban J connectivity index is 1.74. The second kappa shape index (κ2) is 7.48. The summed E-state index contributed by atoms with van der Waals surface area (Å²) < 4.78 is 21.0. The van der Waals surface area contributed by atoms with Crippen molar-refractivity contribution in [2.24, 2.45) is 0 Å². The number of amides is 1. The largest absolute Gasteiger partial charge is 0.360 e. The Kier molecular flexibility index (Phi) is 5.14. The Hall–Kier alpha value is -2.67. The fourth-order valence-corrected chi connectivity index (χ4v) is 2.75. The predicted octanol–water partition coefficient (Wildman–Crippen LogP) is 3.46. The maximum absolute atomic E-state index is 14.1. The van der Waals surface area contributed by atoms with E-state index in [0.717, 1.165) is 0 Å². The highest BCUT2D eigenvalue weighted by atomic mass is 35.5. The lowest BCUT2D eigenvalue weighted by atomic mass is 10.0. The van der Waals surface area contributed by atoms with E-state index in [4.69, 9.17) is 16.1 Å². The molecule has 1 aromatic carbocycles. The summed E-state index contributed by atoms with van der Waals surface area (Å²) in [6, 6.07) is 6.12. The molecule has 0 spiro atoms. The molecule has 0 saturated carbocycles. The van der Waals surface area contributed by atoms with E-state index in [1.807, 2.05) is 12.3 Å². The summed E-state index contributed by atoms with van der Waals surface area (Å²) in [5.41, 5.74) is 0.346. The molecule has 8 heteroatoms. The molecule has 0 fully saturated rings. The van der Waals surface area contributed by atoms with Crippen LogP contribution in [-0.4, -0.2) is 27.4 Å². The van der Waals surface area contributed by atoms with Crippen molar-refractivity contribution in [3.8, 4) is 11.3 Å². The summed E-state index contributed by atoms with van der Waals surface area (Å²) in [5.74, 6) is -0.638. The monoisotopic (exact) mass is 362 g/mol. The van der Waals surface area contributed by atoms with E-state index in [-0.39, 0.29) is 27.8 Å². The first kappa shape index (κ1) is 17.2. The van der Waals surface area contributed by atoms with Crippen molar-refractivity contribution in [2.45, 2.75) is 19.9 Å². The van der Waals surface area contributed by atoms with E-state index < -0.39 is 5.82 Å². The number of halogens is 2. The number of benzene rings is 1. The number of rotatable bonds is 6. The lowest BCUT2D eigenvalue weighted by Crippen LogP contribution is -2.26. The van der Waals surface area contributed by atoms with Gasteiger partial charge in [-0.15, -0.1) is 0 Å². The minimum Gasteiger partial charge on any atom is -0.360 e. The van der Waals surface area contributed by atoms with Gasteiger partial charge in [-0.2, -0.15) is 5.10 Å². The van der Waals surface area contributed by atoms with Crippen molar-refractivity contribution < 1.29 is 13.7 Å². The van der Waals surface area contributed by atoms with Gasteiger partial charge in [0, 0.05) is 25.5 Å². The first-order chi connectivity index (χ1) is 12.1. The summed E-state index contributed by atoms with van der Waals surface area (Å²) in [5, 5.41) is 10.9. The smallest absolute Gasteiger partial charge is 0.257 e. The Morgan fingerprint density at radius 1 is 1.40 bits per heavy atom. The third kappa shape index (κ3) is 3.71. The summed E-state index contributed by atoms with van der Waals surface area (Å²) in [6.07, 6.45) is 4.25. The van der Waals surface area contributed by atoms with Crippen LogP contribution in [-0.2, 0) is 6.54 Å². The molecule has 1 amide bonds. The standard InChI is InChI=1S/C17H16ClFN4O2/c1-11-14(17(24)20-7-3-9-23-10-4-8-21-23)16(22-25-11)15-12(18)5-2-6-13(15)19/h2,4-6,8,10H,3,7,9H2,1H3,(H,20,24). The van der Waals surface area contributed by atoms with Crippen molar-refractivity contribution in [1.29, 1.82) is 0 Å². The van der Waals surface area contributed by atoms with Crippen LogP contribution >= 0.6 is 11.6 Å². The molecule has 3 rings (SSSR count). The number of nitrogens with one attached hydrogen (secondary N) is 1. The van der Waals surface area contributed by atoms with Gasteiger partial charge in [-0.05, 0) is 31.5 Å². The number of nitrogens with zero attached hydrogens (tertiary/aromatic N) is 3. The van der Waals surface area contributed by atoms with E-state index in [2.05, 4.69) is 15.6 Å². The molecule has 0 atom stereocenters. The van der Waals surface area contributed by atoms with E-state index in [1.165, 1.54) is 18.2 Å². The summed E-state index contributed by atoms with van der Waals surface area (Å²) in [7, 11) is 0. The van der Waals surface area contributed by atoms with Crippen LogP contribution in [0.2, 0.25) is 5.02 Å². The maximum Gasteiger partial charge on any atom is 0.257 e. The Labute approximate surface area is 148 Å². The number of hydrogen-bond acceptors (Lipinski definition) is 4. The van der Waals surface area contributed by atoms with Crippen LogP contribution in [0.5, 0.6) is 0 Å². The zero-order chi connectivity index (χ0) is 17.8. The average Bonchev–Trinajstić information content (AvgIpc) is 3.21. The predicted molar refractivity (Wildman–Crippen MR) is 90.8 cm³/mol. The molecule has 0 saturated heterocycles. The topological polar surface area (TPSA) is 73.0 Å². The van der Waals surface area contributed by atoms with Gasteiger partial charge in [0.25, 0.3) is 5.91 Å². The minimum absolute atomic E-state index is 0.0581. The highest BCUT2D eigenvalue weighted by molar-refractivity contribution is 6.33. The molecule has 0 unspecified atom stereocenters. The van der Waals surface area contributed by atoms with Crippen molar-refractivity contribution >= 4 is 17.5 Å². The van der Waals surface area contributed by atoms with Crippen molar-refractivity contribution in [2.75, 3.05) is 6.54 Å². The van der Waals surface area contributed by atoms with Gasteiger partial charge in [0.2, 0.25) is 0 Å². The Morgan fingerprint density at radius 2 is 2.24 bits per heavy atom. The molecule has 1 N–H and O–H groups in total. The summed E-state index contributed by atoms with van der Waals surface area (Å²) in [6.45, 7) is 2.72. The fraction of sp³-hybridized carbons (Fsp3) is 0.235. The maximum atomic E-state index is 14.1. The van der Waals surface area contributed by atoms with E-state index in [9.17, 15) is 9.18 Å². The third-order valence-corrected chi connectivity index (χ3v) is 4.01. The average molecular weight is 363 g/mol. The van der Waals surface area contributed by atoms with Gasteiger partial charge >= 0.3 is 0 Å². The molecule has 0 bridgehead atoms. The van der Waals surface area contributed by atoms with Crippen LogP contribution in [0.15, 0.2) is 41.2 Å². The van der Waals surface area contributed by atoms with E-state index in [1.54, 1.807) is 17.8 Å². The van der Waals surface area contributed by atoms with E-state index in [0.29, 0.717) is 25.3 Å². The molecule has 3 aromatic rings. The number of hydrogen-bond donors (Lipinski definition) is 1.